The topological polar surface area (TPSA) is 349 Å². The van der Waals surface area contributed by atoms with Crippen LogP contribution in [0.2, 0.25) is 0 Å². The van der Waals surface area contributed by atoms with Gasteiger partial charge in [0.2, 0.25) is 23.8 Å². The minimum Gasteiger partial charge on any atom is -0.507 e. The van der Waals surface area contributed by atoms with E-state index in [2.05, 4.69) is 0 Å². The van der Waals surface area contributed by atoms with E-state index in [1.165, 1.54) is 6.07 Å². The van der Waals surface area contributed by atoms with E-state index in [0.717, 1.165) is 24.3 Å². The van der Waals surface area contributed by atoms with Gasteiger partial charge >= 0.3 is 0 Å². The molecule has 0 amide bonds. The van der Waals surface area contributed by atoms with Gasteiger partial charge in [0.15, 0.2) is 29.7 Å². The number of benzene rings is 2. The predicted molar refractivity (Wildman–Crippen MR) is 168 cm³/mol. The van der Waals surface area contributed by atoms with Crippen LogP contribution in [0.1, 0.15) is 0 Å². The first-order valence-electron chi connectivity index (χ1n) is 16.1. The zero-order chi connectivity index (χ0) is 38.5. The number of aliphatic hydroxyl groups excluding tert-OH is 10. The molecule has 21 heteroatoms. The number of aromatic hydroxyl groups is 3. The highest BCUT2D eigenvalue weighted by atomic mass is 16.8. The molecule has 0 saturated carbocycles. The number of hydrogen-bond acceptors (Lipinski definition) is 21. The molecule has 14 atom stereocenters. The molecule has 3 fully saturated rings. The van der Waals surface area contributed by atoms with E-state index < -0.39 is 151 Å². The normalized spacial score (nSPS) is 36.3. The summed E-state index contributed by atoms with van der Waals surface area (Å²) in [4.78, 5) is 14.2. The first-order valence-corrected chi connectivity index (χ1v) is 16.1. The lowest BCUT2D eigenvalue weighted by atomic mass is 9.98. The molecule has 3 aliphatic rings. The van der Waals surface area contributed by atoms with Crippen molar-refractivity contribution in [2.75, 3.05) is 19.8 Å². The second-order valence-electron chi connectivity index (χ2n) is 12.6. The maximum Gasteiger partial charge on any atom is 0.239 e. The highest BCUT2D eigenvalue weighted by Gasteiger charge is 2.50. The summed E-state index contributed by atoms with van der Waals surface area (Å²) in [5.74, 6) is -3.69. The van der Waals surface area contributed by atoms with E-state index in [0.29, 0.717) is 0 Å². The van der Waals surface area contributed by atoms with Gasteiger partial charge in [-0.1, -0.05) is 0 Å². The molecule has 4 heterocycles. The SMILES string of the molecule is O=c1c(OC2OC(CO)C(O)C(O)C2OC2OCC(O)C(O)C2O)c(-c2ccc(O)c(O)c2)oc2cc(OC3OC(CO)C(O)C(O)C3O)cc(O)c12. The third-order valence-corrected chi connectivity index (χ3v) is 9.05. The monoisotopic (exact) mass is 758 g/mol. The van der Waals surface area contributed by atoms with Crippen LogP contribution in [0, 0.1) is 0 Å². The molecule has 292 valence electrons. The van der Waals surface area contributed by atoms with Crippen LogP contribution >= 0.6 is 0 Å². The summed E-state index contributed by atoms with van der Waals surface area (Å²) >= 11 is 0. The largest absolute Gasteiger partial charge is 0.507 e. The van der Waals surface area contributed by atoms with E-state index in [-0.39, 0.29) is 11.3 Å². The van der Waals surface area contributed by atoms with Gasteiger partial charge < -0.3 is 99.2 Å². The summed E-state index contributed by atoms with van der Waals surface area (Å²) in [5.41, 5.74) is -1.69. The van der Waals surface area contributed by atoms with E-state index in [9.17, 15) is 71.2 Å². The van der Waals surface area contributed by atoms with Crippen molar-refractivity contribution in [1.29, 1.82) is 0 Å². The number of phenols is 3. The molecular formula is C32H38O21. The van der Waals surface area contributed by atoms with Crippen LogP contribution < -0.4 is 14.9 Å². The van der Waals surface area contributed by atoms with Gasteiger partial charge in [0.25, 0.3) is 0 Å². The van der Waals surface area contributed by atoms with Crippen molar-refractivity contribution in [2.45, 2.75) is 86.0 Å². The van der Waals surface area contributed by atoms with Crippen molar-refractivity contribution in [3.63, 3.8) is 0 Å². The molecule has 21 nitrogen and oxygen atoms in total. The predicted octanol–water partition coefficient (Wildman–Crippen LogP) is -4.60. The molecule has 14 unspecified atom stereocenters. The Balaban J connectivity index is 1.42. The summed E-state index contributed by atoms with van der Waals surface area (Å²) in [6.45, 7) is -2.18. The number of hydrogen-bond donors (Lipinski definition) is 13. The van der Waals surface area contributed by atoms with E-state index in [1.54, 1.807) is 0 Å². The zero-order valence-electron chi connectivity index (χ0n) is 27.2. The number of phenolic OH excluding ortho intramolecular Hbond substituents is 3. The van der Waals surface area contributed by atoms with Gasteiger partial charge in [-0.15, -0.1) is 0 Å². The molecule has 13 N–H and O–H groups in total. The van der Waals surface area contributed by atoms with Gasteiger partial charge in [0.05, 0.1) is 19.8 Å². The van der Waals surface area contributed by atoms with Crippen molar-refractivity contribution in [2.24, 2.45) is 0 Å². The van der Waals surface area contributed by atoms with Crippen molar-refractivity contribution in [1.82, 2.24) is 0 Å². The molecule has 6 rings (SSSR count). The quantitative estimate of drug-likeness (QED) is 0.0913. The average molecular weight is 759 g/mol. The van der Waals surface area contributed by atoms with E-state index in [4.69, 9.17) is 32.8 Å². The van der Waals surface area contributed by atoms with Crippen LogP contribution in [-0.4, -0.2) is 172 Å². The Morgan fingerprint density at radius 2 is 1.30 bits per heavy atom. The number of aliphatic hydroxyl groups is 10. The van der Waals surface area contributed by atoms with Gasteiger partial charge in [-0.05, 0) is 18.2 Å². The van der Waals surface area contributed by atoms with Crippen molar-refractivity contribution < 1.29 is 99.2 Å². The van der Waals surface area contributed by atoms with Crippen molar-refractivity contribution >= 4 is 11.0 Å². The van der Waals surface area contributed by atoms with Crippen LogP contribution in [0.4, 0.5) is 0 Å². The number of rotatable bonds is 9. The molecule has 3 aliphatic heterocycles. The lowest BCUT2D eigenvalue weighted by Crippen LogP contribution is -2.64. The Bertz CT molecular complexity index is 1820. The first-order chi connectivity index (χ1) is 25.1. The molecule has 53 heavy (non-hydrogen) atoms. The average Bonchev–Trinajstić information content (AvgIpc) is 3.13. The van der Waals surface area contributed by atoms with Crippen molar-refractivity contribution in [3.8, 4) is 40.1 Å². The number of fused-ring (bicyclic) bond motifs is 1. The molecular weight excluding hydrogens is 720 g/mol. The third kappa shape index (κ3) is 7.33. The van der Waals surface area contributed by atoms with Crippen LogP contribution in [0.25, 0.3) is 22.3 Å². The van der Waals surface area contributed by atoms with E-state index >= 15 is 0 Å². The Hall–Kier alpha value is -3.91. The fourth-order valence-electron chi connectivity index (χ4n) is 6.05. The molecule has 3 saturated heterocycles. The molecule has 2 aromatic carbocycles. The van der Waals surface area contributed by atoms with Crippen LogP contribution in [0.3, 0.4) is 0 Å². The van der Waals surface area contributed by atoms with Crippen LogP contribution in [-0.2, 0) is 18.9 Å². The van der Waals surface area contributed by atoms with Gasteiger partial charge in [0.1, 0.15) is 83.5 Å². The zero-order valence-corrected chi connectivity index (χ0v) is 27.2. The lowest BCUT2D eigenvalue weighted by Gasteiger charge is -2.44. The third-order valence-electron chi connectivity index (χ3n) is 9.05. The minimum absolute atomic E-state index is 0.134. The number of ether oxygens (including phenoxy) is 6. The second-order valence-corrected chi connectivity index (χ2v) is 12.6. The van der Waals surface area contributed by atoms with Gasteiger partial charge in [0, 0.05) is 17.7 Å². The smallest absolute Gasteiger partial charge is 0.239 e. The molecule has 3 aromatic rings. The van der Waals surface area contributed by atoms with E-state index in [1.807, 2.05) is 0 Å². The van der Waals surface area contributed by atoms with Gasteiger partial charge in [-0.25, -0.2) is 0 Å². The van der Waals surface area contributed by atoms with Gasteiger partial charge in [-0.2, -0.15) is 0 Å². The summed E-state index contributed by atoms with van der Waals surface area (Å²) in [5, 5.41) is 133. The highest BCUT2D eigenvalue weighted by molar-refractivity contribution is 5.88. The van der Waals surface area contributed by atoms with Crippen LogP contribution in [0.15, 0.2) is 39.5 Å². The fraction of sp³-hybridized carbons (Fsp3) is 0.531. The first kappa shape index (κ1) is 38.8. The Morgan fingerprint density at radius 1 is 0.660 bits per heavy atom. The lowest BCUT2D eigenvalue weighted by molar-refractivity contribution is -0.345. The summed E-state index contributed by atoms with van der Waals surface area (Å²) < 4.78 is 39.3. The molecule has 0 aliphatic carbocycles. The Labute approximate surface area is 296 Å². The summed E-state index contributed by atoms with van der Waals surface area (Å²) in [7, 11) is 0. The summed E-state index contributed by atoms with van der Waals surface area (Å²) in [6.07, 6.45) is -24.5. The van der Waals surface area contributed by atoms with Gasteiger partial charge in [-0.3, -0.25) is 4.79 Å². The van der Waals surface area contributed by atoms with Crippen molar-refractivity contribution in [3.05, 3.63) is 40.6 Å². The molecule has 0 bridgehead atoms. The standard InChI is InChI=1S/C32H38O21/c33-6-16-20(40)23(43)26(46)31(50-16)48-10-4-13(37)18-15(5-10)49-27(9-1-2-11(35)12(36)3-9)28(22(18)42)52-32-29(24(44)21(41)17(7-34)51-32)53-30-25(45)19(39)14(38)8-47-30/h1-5,14,16-17,19-21,23-26,29-41,43-46H,6-8H2. The minimum atomic E-state index is -1.98. The molecule has 0 radical (unpaired) electrons. The van der Waals surface area contributed by atoms with Crippen LogP contribution in [0.5, 0.6) is 28.7 Å². The Kier molecular flexibility index (Phi) is 11.3. The second kappa shape index (κ2) is 15.4. The Morgan fingerprint density at radius 3 is 1.96 bits per heavy atom. The molecule has 0 spiro atoms. The fourth-order valence-corrected chi connectivity index (χ4v) is 6.05. The highest BCUT2D eigenvalue weighted by Crippen LogP contribution is 2.40. The molecule has 1 aromatic heterocycles. The maximum absolute atomic E-state index is 14.2. The maximum atomic E-state index is 14.2. The summed E-state index contributed by atoms with van der Waals surface area (Å²) in [6, 6.07) is 5.12.